The zero-order chi connectivity index (χ0) is 13.1. The van der Waals surface area contributed by atoms with Crippen LogP contribution in [0.5, 0.6) is 11.5 Å². The zero-order valence-corrected chi connectivity index (χ0v) is 11.5. The molecule has 0 aromatic heterocycles. The van der Waals surface area contributed by atoms with Crippen molar-refractivity contribution in [2.75, 3.05) is 0 Å². The van der Waals surface area contributed by atoms with Crippen LogP contribution in [-0.2, 0) is 6.61 Å². The topological polar surface area (TPSA) is 29.5 Å². The van der Waals surface area contributed by atoms with E-state index in [1.54, 1.807) is 18.2 Å². The highest BCUT2D eigenvalue weighted by Crippen LogP contribution is 2.33. The molecule has 0 aliphatic heterocycles. The van der Waals surface area contributed by atoms with E-state index in [4.69, 9.17) is 21.4 Å². The molecule has 5 heteroatoms. The first-order chi connectivity index (χ1) is 8.60. The maximum Gasteiger partial charge on any atom is 0.141 e. The molecule has 0 aliphatic rings. The molecule has 0 saturated carbocycles. The number of benzene rings is 2. The van der Waals surface area contributed by atoms with Gasteiger partial charge in [-0.3, -0.25) is 0 Å². The van der Waals surface area contributed by atoms with Gasteiger partial charge in [0.25, 0.3) is 0 Å². The summed E-state index contributed by atoms with van der Waals surface area (Å²) in [4.78, 5) is 0. The van der Waals surface area contributed by atoms with Gasteiger partial charge in [-0.05, 0) is 52.3 Å². The fourth-order valence-corrected chi connectivity index (χ4v) is 2.21. The van der Waals surface area contributed by atoms with Gasteiger partial charge in [0, 0.05) is 10.6 Å². The van der Waals surface area contributed by atoms with Gasteiger partial charge in [-0.25, -0.2) is 4.39 Å². The van der Waals surface area contributed by atoms with Crippen LogP contribution in [0.3, 0.4) is 0 Å². The van der Waals surface area contributed by atoms with Crippen LogP contribution in [0.4, 0.5) is 4.39 Å². The number of halogens is 3. The fraction of sp³-hybridized carbons (Fsp3) is 0.0769. The summed E-state index contributed by atoms with van der Waals surface area (Å²) in [5.41, 5.74) is 0.386. The highest BCUT2D eigenvalue weighted by atomic mass is 79.9. The molecule has 0 radical (unpaired) electrons. The van der Waals surface area contributed by atoms with E-state index in [9.17, 15) is 4.39 Å². The second-order valence-electron chi connectivity index (χ2n) is 3.59. The molecule has 0 fully saturated rings. The monoisotopic (exact) mass is 330 g/mol. The van der Waals surface area contributed by atoms with Gasteiger partial charge in [-0.1, -0.05) is 11.6 Å². The van der Waals surface area contributed by atoms with Gasteiger partial charge in [0.15, 0.2) is 0 Å². The number of aliphatic hydroxyl groups is 1. The molecule has 0 atom stereocenters. The maximum atomic E-state index is 13.0. The highest BCUT2D eigenvalue weighted by molar-refractivity contribution is 9.10. The van der Waals surface area contributed by atoms with E-state index in [0.29, 0.717) is 26.6 Å². The molecule has 94 valence electrons. The molecule has 2 rings (SSSR count). The molecular formula is C13H9BrClFO2. The molecular weight excluding hydrogens is 322 g/mol. The first kappa shape index (κ1) is 13.3. The minimum Gasteiger partial charge on any atom is -0.456 e. The van der Waals surface area contributed by atoms with Crippen molar-refractivity contribution >= 4 is 27.5 Å². The molecule has 0 saturated heterocycles. The van der Waals surface area contributed by atoms with Gasteiger partial charge in [-0.15, -0.1) is 0 Å². The van der Waals surface area contributed by atoms with Crippen molar-refractivity contribution in [2.45, 2.75) is 6.61 Å². The molecule has 0 amide bonds. The van der Waals surface area contributed by atoms with E-state index in [1.807, 2.05) is 0 Å². The maximum absolute atomic E-state index is 13.0. The molecule has 0 heterocycles. The van der Waals surface area contributed by atoms with Crippen molar-refractivity contribution in [3.05, 3.63) is 57.3 Å². The predicted octanol–water partition coefficient (Wildman–Crippen LogP) is 4.53. The molecule has 1 N–H and O–H groups in total. The Morgan fingerprint density at radius 3 is 2.56 bits per heavy atom. The Kier molecular flexibility index (Phi) is 4.22. The lowest BCUT2D eigenvalue weighted by molar-refractivity contribution is 0.275. The lowest BCUT2D eigenvalue weighted by Gasteiger charge is -2.11. The average molecular weight is 332 g/mol. The summed E-state index contributed by atoms with van der Waals surface area (Å²) in [5, 5.41) is 9.73. The van der Waals surface area contributed by atoms with Crippen molar-refractivity contribution in [3.63, 3.8) is 0 Å². The van der Waals surface area contributed by atoms with Gasteiger partial charge in [0.05, 0.1) is 11.1 Å². The SMILES string of the molecule is OCc1cc(F)ccc1Oc1ccc(Cl)cc1Br. The lowest BCUT2D eigenvalue weighted by atomic mass is 10.2. The third kappa shape index (κ3) is 3.02. The second-order valence-corrected chi connectivity index (χ2v) is 4.88. The zero-order valence-electron chi connectivity index (χ0n) is 9.16. The Hall–Kier alpha value is -1.10. The average Bonchev–Trinajstić information content (AvgIpc) is 2.34. The summed E-state index contributed by atoms with van der Waals surface area (Å²) in [5.74, 6) is 0.532. The van der Waals surface area contributed by atoms with E-state index >= 15 is 0 Å². The Morgan fingerprint density at radius 2 is 1.89 bits per heavy atom. The summed E-state index contributed by atoms with van der Waals surface area (Å²) in [6, 6.07) is 9.05. The van der Waals surface area contributed by atoms with E-state index in [-0.39, 0.29) is 6.61 Å². The first-order valence-electron chi connectivity index (χ1n) is 5.12. The van der Waals surface area contributed by atoms with Crippen LogP contribution in [0.2, 0.25) is 5.02 Å². The first-order valence-corrected chi connectivity index (χ1v) is 6.29. The van der Waals surface area contributed by atoms with Crippen molar-refractivity contribution < 1.29 is 14.2 Å². The predicted molar refractivity (Wildman–Crippen MR) is 71.5 cm³/mol. The Labute approximate surface area is 117 Å². The van der Waals surface area contributed by atoms with Crippen LogP contribution >= 0.6 is 27.5 Å². The summed E-state index contributed by atoms with van der Waals surface area (Å²) in [7, 11) is 0. The lowest BCUT2D eigenvalue weighted by Crippen LogP contribution is -1.93. The standard InChI is InChI=1S/C13H9BrClFO2/c14-11-6-9(15)1-3-13(11)18-12-4-2-10(16)5-8(12)7-17/h1-6,17H,7H2. The van der Waals surface area contributed by atoms with Crippen LogP contribution in [0, 0.1) is 5.82 Å². The summed E-state index contributed by atoms with van der Waals surface area (Å²) < 4.78 is 19.3. The smallest absolute Gasteiger partial charge is 0.141 e. The molecule has 0 bridgehead atoms. The van der Waals surface area contributed by atoms with E-state index in [0.717, 1.165) is 0 Å². The minimum atomic E-state index is -0.415. The van der Waals surface area contributed by atoms with E-state index < -0.39 is 5.82 Å². The molecule has 0 unspecified atom stereocenters. The minimum absolute atomic E-state index is 0.293. The van der Waals surface area contributed by atoms with Gasteiger partial charge in [0.1, 0.15) is 17.3 Å². The quantitative estimate of drug-likeness (QED) is 0.895. The van der Waals surface area contributed by atoms with Crippen LogP contribution in [0.25, 0.3) is 0 Å². The number of rotatable bonds is 3. The Bertz CT molecular complexity index is 575. The van der Waals surface area contributed by atoms with E-state index in [1.165, 1.54) is 18.2 Å². The number of hydrogen-bond acceptors (Lipinski definition) is 2. The van der Waals surface area contributed by atoms with Crippen LogP contribution < -0.4 is 4.74 Å². The molecule has 2 aromatic rings. The molecule has 2 nitrogen and oxygen atoms in total. The molecule has 18 heavy (non-hydrogen) atoms. The van der Waals surface area contributed by atoms with Gasteiger partial charge in [-0.2, -0.15) is 0 Å². The number of aliphatic hydroxyl groups excluding tert-OH is 1. The summed E-state index contributed by atoms with van der Waals surface area (Å²) in [6.07, 6.45) is 0. The summed E-state index contributed by atoms with van der Waals surface area (Å²) >= 11 is 9.14. The normalized spacial score (nSPS) is 10.4. The van der Waals surface area contributed by atoms with Crippen molar-refractivity contribution in [3.8, 4) is 11.5 Å². The van der Waals surface area contributed by atoms with Crippen molar-refractivity contribution in [1.29, 1.82) is 0 Å². The van der Waals surface area contributed by atoms with Crippen LogP contribution in [-0.4, -0.2) is 5.11 Å². The van der Waals surface area contributed by atoms with Crippen molar-refractivity contribution in [1.82, 2.24) is 0 Å². The Morgan fingerprint density at radius 1 is 1.17 bits per heavy atom. The molecule has 2 aromatic carbocycles. The second kappa shape index (κ2) is 5.69. The third-order valence-corrected chi connectivity index (χ3v) is 3.16. The molecule has 0 aliphatic carbocycles. The van der Waals surface area contributed by atoms with Gasteiger partial charge >= 0.3 is 0 Å². The summed E-state index contributed by atoms with van der Waals surface area (Å²) in [6.45, 7) is -0.293. The number of hydrogen-bond donors (Lipinski definition) is 1. The third-order valence-electron chi connectivity index (χ3n) is 2.31. The fourth-order valence-electron chi connectivity index (χ4n) is 1.45. The highest BCUT2D eigenvalue weighted by Gasteiger charge is 2.08. The van der Waals surface area contributed by atoms with Crippen LogP contribution in [0.15, 0.2) is 40.9 Å². The molecule has 0 spiro atoms. The van der Waals surface area contributed by atoms with Crippen LogP contribution in [0.1, 0.15) is 5.56 Å². The van der Waals surface area contributed by atoms with Gasteiger partial charge < -0.3 is 9.84 Å². The van der Waals surface area contributed by atoms with Crippen molar-refractivity contribution in [2.24, 2.45) is 0 Å². The number of ether oxygens (including phenoxy) is 1. The Balaban J connectivity index is 2.33. The largest absolute Gasteiger partial charge is 0.456 e. The van der Waals surface area contributed by atoms with Gasteiger partial charge in [0.2, 0.25) is 0 Å². The van der Waals surface area contributed by atoms with E-state index in [2.05, 4.69) is 15.9 Å².